The average molecular weight is 257 g/mol. The minimum atomic E-state index is -0.251. The minimum absolute atomic E-state index is 0.0753. The molecule has 0 aromatic heterocycles. The molecular weight excluding hydrogens is 226 g/mol. The SMILES string of the molecule is CCC(CC)C(O)CNCC1(CO)CCCCC1. The van der Waals surface area contributed by atoms with Gasteiger partial charge in [-0.25, -0.2) is 0 Å². The molecule has 1 saturated carbocycles. The predicted octanol–water partition coefficient (Wildman–Crippen LogP) is 2.32. The first kappa shape index (κ1) is 15.9. The lowest BCUT2D eigenvalue weighted by Gasteiger charge is -2.36. The van der Waals surface area contributed by atoms with Crippen molar-refractivity contribution in [2.45, 2.75) is 64.9 Å². The number of hydrogen-bond donors (Lipinski definition) is 3. The fourth-order valence-corrected chi connectivity index (χ4v) is 3.18. The highest BCUT2D eigenvalue weighted by molar-refractivity contribution is 4.85. The first-order valence-corrected chi connectivity index (χ1v) is 7.67. The summed E-state index contributed by atoms with van der Waals surface area (Å²) in [7, 11) is 0. The van der Waals surface area contributed by atoms with Gasteiger partial charge in [0.05, 0.1) is 6.10 Å². The summed E-state index contributed by atoms with van der Waals surface area (Å²) in [6.07, 6.45) is 7.83. The number of aliphatic hydroxyl groups excluding tert-OH is 2. The minimum Gasteiger partial charge on any atom is -0.396 e. The smallest absolute Gasteiger partial charge is 0.0692 e. The van der Waals surface area contributed by atoms with E-state index in [9.17, 15) is 10.2 Å². The van der Waals surface area contributed by atoms with Crippen LogP contribution in [0.4, 0.5) is 0 Å². The standard InChI is InChI=1S/C15H31NO2/c1-3-13(4-2)14(18)10-16-11-15(12-17)8-6-5-7-9-15/h13-14,16-18H,3-12H2,1-2H3. The predicted molar refractivity (Wildman–Crippen MR) is 75.6 cm³/mol. The fourth-order valence-electron chi connectivity index (χ4n) is 3.18. The number of nitrogens with one attached hydrogen (secondary N) is 1. The summed E-state index contributed by atoms with van der Waals surface area (Å²) in [5, 5.41) is 23.1. The Hall–Kier alpha value is -0.120. The highest BCUT2D eigenvalue weighted by Gasteiger charge is 2.31. The van der Waals surface area contributed by atoms with Gasteiger partial charge in [0.1, 0.15) is 0 Å². The Bertz CT molecular complexity index is 211. The largest absolute Gasteiger partial charge is 0.396 e. The molecule has 0 aliphatic heterocycles. The second kappa shape index (κ2) is 8.13. The molecule has 1 aliphatic rings. The van der Waals surface area contributed by atoms with E-state index in [2.05, 4.69) is 19.2 Å². The van der Waals surface area contributed by atoms with E-state index >= 15 is 0 Å². The van der Waals surface area contributed by atoms with Crippen LogP contribution in [-0.2, 0) is 0 Å². The van der Waals surface area contributed by atoms with Crippen LogP contribution < -0.4 is 5.32 Å². The van der Waals surface area contributed by atoms with Gasteiger partial charge in [-0.1, -0.05) is 46.0 Å². The van der Waals surface area contributed by atoms with Crippen LogP contribution >= 0.6 is 0 Å². The lowest BCUT2D eigenvalue weighted by Crippen LogP contribution is -2.42. The van der Waals surface area contributed by atoms with E-state index < -0.39 is 0 Å². The topological polar surface area (TPSA) is 52.5 Å². The van der Waals surface area contributed by atoms with Crippen molar-refractivity contribution in [2.75, 3.05) is 19.7 Å². The molecule has 1 rings (SSSR count). The quantitative estimate of drug-likeness (QED) is 0.625. The molecule has 0 saturated heterocycles. The van der Waals surface area contributed by atoms with Crippen LogP contribution in [0.1, 0.15) is 58.8 Å². The Morgan fingerprint density at radius 3 is 2.22 bits per heavy atom. The lowest BCUT2D eigenvalue weighted by molar-refractivity contribution is 0.0655. The van der Waals surface area contributed by atoms with Crippen LogP contribution in [0.25, 0.3) is 0 Å². The van der Waals surface area contributed by atoms with Gasteiger partial charge in [0.2, 0.25) is 0 Å². The van der Waals surface area contributed by atoms with Crippen molar-refractivity contribution < 1.29 is 10.2 Å². The molecule has 0 bridgehead atoms. The molecule has 0 radical (unpaired) electrons. The van der Waals surface area contributed by atoms with Gasteiger partial charge in [-0.15, -0.1) is 0 Å². The van der Waals surface area contributed by atoms with Crippen LogP contribution in [0.2, 0.25) is 0 Å². The van der Waals surface area contributed by atoms with Crippen molar-refractivity contribution in [1.29, 1.82) is 0 Å². The van der Waals surface area contributed by atoms with Gasteiger partial charge >= 0.3 is 0 Å². The first-order chi connectivity index (χ1) is 8.67. The zero-order valence-corrected chi connectivity index (χ0v) is 12.1. The maximum Gasteiger partial charge on any atom is 0.0692 e. The summed E-state index contributed by atoms with van der Waals surface area (Å²) in [5.74, 6) is 0.397. The van der Waals surface area contributed by atoms with E-state index in [0.717, 1.165) is 32.2 Å². The van der Waals surface area contributed by atoms with E-state index in [4.69, 9.17) is 0 Å². The van der Waals surface area contributed by atoms with Crippen LogP contribution in [0, 0.1) is 11.3 Å². The normalized spacial score (nSPS) is 21.2. The summed E-state index contributed by atoms with van der Waals surface area (Å²) in [5.41, 5.74) is 0.0753. The van der Waals surface area contributed by atoms with Gasteiger partial charge in [-0.05, 0) is 18.8 Å². The van der Waals surface area contributed by atoms with E-state index in [-0.39, 0.29) is 18.1 Å². The molecule has 3 N–H and O–H groups in total. The molecule has 108 valence electrons. The Kier molecular flexibility index (Phi) is 7.20. The molecule has 1 fully saturated rings. The van der Waals surface area contributed by atoms with Gasteiger partial charge in [-0.2, -0.15) is 0 Å². The second-order valence-corrected chi connectivity index (χ2v) is 5.99. The average Bonchev–Trinajstić information content (AvgIpc) is 2.41. The van der Waals surface area contributed by atoms with E-state index in [1.54, 1.807) is 0 Å². The van der Waals surface area contributed by atoms with Crippen molar-refractivity contribution in [3.05, 3.63) is 0 Å². The molecule has 0 spiro atoms. The van der Waals surface area contributed by atoms with Gasteiger partial charge in [-0.3, -0.25) is 0 Å². The number of hydrogen-bond acceptors (Lipinski definition) is 3. The van der Waals surface area contributed by atoms with E-state index in [0.29, 0.717) is 12.5 Å². The zero-order chi connectivity index (χ0) is 13.4. The maximum atomic E-state index is 10.1. The number of rotatable bonds is 8. The third-order valence-electron chi connectivity index (χ3n) is 4.70. The van der Waals surface area contributed by atoms with Crippen LogP contribution in [0.5, 0.6) is 0 Å². The zero-order valence-electron chi connectivity index (χ0n) is 12.1. The molecule has 3 heteroatoms. The van der Waals surface area contributed by atoms with Crippen LogP contribution in [0.15, 0.2) is 0 Å². The Labute approximate surface area is 112 Å². The van der Waals surface area contributed by atoms with Crippen LogP contribution in [-0.4, -0.2) is 36.0 Å². The third-order valence-corrected chi connectivity index (χ3v) is 4.70. The molecule has 3 nitrogen and oxygen atoms in total. The van der Waals surface area contributed by atoms with Crippen molar-refractivity contribution >= 4 is 0 Å². The van der Waals surface area contributed by atoms with Crippen LogP contribution in [0.3, 0.4) is 0 Å². The highest BCUT2D eigenvalue weighted by atomic mass is 16.3. The monoisotopic (exact) mass is 257 g/mol. The Balaban J connectivity index is 2.30. The molecule has 0 amide bonds. The maximum absolute atomic E-state index is 10.1. The van der Waals surface area contributed by atoms with Crippen molar-refractivity contribution in [3.8, 4) is 0 Å². The fraction of sp³-hybridized carbons (Fsp3) is 1.00. The van der Waals surface area contributed by atoms with Gasteiger partial charge in [0, 0.05) is 25.1 Å². The Morgan fingerprint density at radius 2 is 1.72 bits per heavy atom. The summed E-state index contributed by atoms with van der Waals surface area (Å²) >= 11 is 0. The third kappa shape index (κ3) is 4.52. The van der Waals surface area contributed by atoms with E-state index in [1.165, 1.54) is 19.3 Å². The highest BCUT2D eigenvalue weighted by Crippen LogP contribution is 2.35. The molecular formula is C15H31NO2. The summed E-state index contributed by atoms with van der Waals surface area (Å²) in [6.45, 7) is 6.05. The van der Waals surface area contributed by atoms with Gasteiger partial charge in [0.15, 0.2) is 0 Å². The molecule has 0 aromatic carbocycles. The molecule has 1 aliphatic carbocycles. The molecule has 1 unspecified atom stereocenters. The summed E-state index contributed by atoms with van der Waals surface area (Å²) < 4.78 is 0. The summed E-state index contributed by atoms with van der Waals surface area (Å²) in [4.78, 5) is 0. The summed E-state index contributed by atoms with van der Waals surface area (Å²) in [6, 6.07) is 0. The Morgan fingerprint density at radius 1 is 1.11 bits per heavy atom. The second-order valence-electron chi connectivity index (χ2n) is 5.99. The first-order valence-electron chi connectivity index (χ1n) is 7.67. The van der Waals surface area contributed by atoms with Crippen molar-refractivity contribution in [1.82, 2.24) is 5.32 Å². The van der Waals surface area contributed by atoms with E-state index in [1.807, 2.05) is 0 Å². The molecule has 18 heavy (non-hydrogen) atoms. The molecule has 0 heterocycles. The lowest BCUT2D eigenvalue weighted by atomic mass is 9.74. The van der Waals surface area contributed by atoms with Gasteiger partial charge < -0.3 is 15.5 Å². The number of aliphatic hydroxyl groups is 2. The van der Waals surface area contributed by atoms with Crippen molar-refractivity contribution in [2.24, 2.45) is 11.3 Å². The molecule has 1 atom stereocenters. The van der Waals surface area contributed by atoms with Crippen molar-refractivity contribution in [3.63, 3.8) is 0 Å². The molecule has 0 aromatic rings. The van der Waals surface area contributed by atoms with Gasteiger partial charge in [0.25, 0.3) is 0 Å².